The van der Waals surface area contributed by atoms with Gasteiger partial charge in [-0.15, -0.1) is 0 Å². The Bertz CT molecular complexity index is 3610. The van der Waals surface area contributed by atoms with Gasteiger partial charge in [-0.1, -0.05) is 92.6 Å². The van der Waals surface area contributed by atoms with E-state index in [1.54, 1.807) is 26.0 Å². The lowest BCUT2D eigenvalue weighted by Gasteiger charge is -2.27. The molecule has 0 spiro atoms. The molecule has 18 nitrogen and oxygen atoms in total. The van der Waals surface area contributed by atoms with Gasteiger partial charge in [-0.05, 0) is 123 Å². The van der Waals surface area contributed by atoms with Crippen molar-refractivity contribution in [1.29, 1.82) is 0 Å². The van der Waals surface area contributed by atoms with Crippen molar-refractivity contribution in [2.24, 2.45) is 11.8 Å². The highest BCUT2D eigenvalue weighted by atomic mass is 33.1. The molecule has 5 aromatic rings. The number of ether oxygens (including phenoxy) is 3. The fraction of sp³-hybridized carbons (Fsp3) is 0.463. The number of fused-ring (bicyclic) bond motifs is 8. The zero-order valence-electron chi connectivity index (χ0n) is 52.4. The van der Waals surface area contributed by atoms with Gasteiger partial charge in [0, 0.05) is 91.6 Å². The summed E-state index contributed by atoms with van der Waals surface area (Å²) in [5.74, 6) is -1.29. The summed E-state index contributed by atoms with van der Waals surface area (Å²) >= 11 is 0. The van der Waals surface area contributed by atoms with Crippen LogP contribution in [0.3, 0.4) is 0 Å². The minimum absolute atomic E-state index is 0.0194. The first-order valence-electron chi connectivity index (χ1n) is 30.1. The smallest absolute Gasteiger partial charge is 0.277 e. The molecular formula is C67H82N6O12S3. The van der Waals surface area contributed by atoms with Crippen molar-refractivity contribution in [3.63, 3.8) is 0 Å². The van der Waals surface area contributed by atoms with Crippen molar-refractivity contribution in [2.45, 2.75) is 147 Å². The Morgan fingerprint density at radius 3 is 1.81 bits per heavy atom. The number of ketones is 2. The molecule has 0 saturated heterocycles. The van der Waals surface area contributed by atoms with Crippen LogP contribution in [0, 0.1) is 18.8 Å². The zero-order chi connectivity index (χ0) is 63.5. The first-order chi connectivity index (χ1) is 41.8. The molecule has 2 unspecified atom stereocenters. The predicted molar refractivity (Wildman–Crippen MR) is 349 cm³/mol. The van der Waals surface area contributed by atoms with Crippen LogP contribution >= 0.6 is 21.6 Å². The summed E-state index contributed by atoms with van der Waals surface area (Å²) < 4.78 is 48.4. The number of nitrogens with zero attached hydrogens (tertiary/aromatic N) is 4. The van der Waals surface area contributed by atoms with Crippen LogP contribution in [0.15, 0.2) is 91.0 Å². The number of benzene rings is 5. The highest BCUT2D eigenvalue weighted by Crippen LogP contribution is 2.45. The lowest BCUT2D eigenvalue weighted by Crippen LogP contribution is -2.45. The summed E-state index contributed by atoms with van der Waals surface area (Å²) in [5, 5.41) is 4.52. The summed E-state index contributed by atoms with van der Waals surface area (Å²) in [6.07, 6.45) is 2.08. The summed E-state index contributed by atoms with van der Waals surface area (Å²) in [5.41, 5.74) is 9.28. The van der Waals surface area contributed by atoms with Gasteiger partial charge in [0.05, 0.1) is 54.8 Å². The van der Waals surface area contributed by atoms with Crippen molar-refractivity contribution >= 4 is 95.3 Å². The maximum atomic E-state index is 14.4. The molecule has 9 rings (SSSR count). The minimum Gasteiger partial charge on any atom is -0.493 e. The summed E-state index contributed by atoms with van der Waals surface area (Å²) in [6, 6.07) is 28.1. The van der Waals surface area contributed by atoms with Gasteiger partial charge in [0.25, 0.3) is 21.9 Å². The molecule has 0 aromatic heterocycles. The van der Waals surface area contributed by atoms with Gasteiger partial charge in [0.15, 0.2) is 23.1 Å². The van der Waals surface area contributed by atoms with E-state index in [0.717, 1.165) is 53.7 Å². The Hall–Kier alpha value is -7.07. The largest absolute Gasteiger partial charge is 0.493 e. The molecule has 0 aliphatic carbocycles. The first kappa shape index (κ1) is 65.4. The number of hydrogen-bond donors (Lipinski definition) is 2. The molecule has 4 aliphatic rings. The average molecular weight is 1260 g/mol. The Morgan fingerprint density at radius 1 is 0.716 bits per heavy atom. The molecule has 4 heterocycles. The molecule has 4 aliphatic heterocycles. The first-order valence-corrected chi connectivity index (χ1v) is 33.8. The second kappa shape index (κ2) is 27.4. The topological polar surface area (TPSA) is 210 Å². The molecule has 6 atom stereocenters. The number of carbonyl (C=O) groups excluding carboxylic acids is 6. The third-order valence-corrected chi connectivity index (χ3v) is 22.5. The van der Waals surface area contributed by atoms with E-state index in [9.17, 15) is 37.2 Å². The number of para-hydroxylation sites is 2. The minimum atomic E-state index is -4.05. The maximum Gasteiger partial charge on any atom is 0.277 e. The molecule has 0 saturated carbocycles. The van der Waals surface area contributed by atoms with Gasteiger partial charge in [-0.25, -0.2) is 0 Å². The third kappa shape index (κ3) is 14.5. The summed E-state index contributed by atoms with van der Waals surface area (Å²) in [4.78, 5) is 91.1. The summed E-state index contributed by atoms with van der Waals surface area (Å²) in [7, 11) is 5.46. The van der Waals surface area contributed by atoms with Gasteiger partial charge in [0.2, 0.25) is 11.8 Å². The van der Waals surface area contributed by atoms with Crippen LogP contribution in [0.5, 0.6) is 17.2 Å². The molecule has 0 bridgehead atoms. The number of amides is 4. The van der Waals surface area contributed by atoms with Crippen LogP contribution in [0.4, 0.5) is 28.4 Å². The number of aryl methyl sites for hydroxylation is 1. The van der Waals surface area contributed by atoms with E-state index in [-0.39, 0.29) is 85.7 Å². The fourth-order valence-electron chi connectivity index (χ4n) is 12.2. The molecule has 0 fully saturated rings. The van der Waals surface area contributed by atoms with E-state index in [0.29, 0.717) is 70.4 Å². The number of hydrogen-bond acceptors (Lipinski definition) is 16. The quantitative estimate of drug-likeness (QED) is 0.0389. The number of methoxy groups -OCH3 is 1. The number of anilines is 5. The van der Waals surface area contributed by atoms with E-state index >= 15 is 0 Å². The molecule has 21 heteroatoms. The molecule has 5 aromatic carbocycles. The van der Waals surface area contributed by atoms with Crippen LogP contribution in [0.1, 0.15) is 129 Å². The van der Waals surface area contributed by atoms with Crippen LogP contribution in [0.2, 0.25) is 0 Å². The van der Waals surface area contributed by atoms with Crippen LogP contribution in [-0.2, 0) is 59.5 Å². The molecule has 4 amide bonds. The van der Waals surface area contributed by atoms with E-state index in [4.69, 9.17) is 18.4 Å². The number of carbonyl (C=O) groups is 6. The van der Waals surface area contributed by atoms with Crippen molar-refractivity contribution in [1.82, 2.24) is 5.32 Å². The summed E-state index contributed by atoms with van der Waals surface area (Å²) in [6.45, 7) is 16.1. The highest BCUT2D eigenvalue weighted by Gasteiger charge is 2.42. The Labute approximate surface area is 525 Å². The van der Waals surface area contributed by atoms with Crippen molar-refractivity contribution in [3.8, 4) is 17.2 Å². The fourth-order valence-corrected chi connectivity index (χ4v) is 16.2. The average Bonchev–Trinajstić information content (AvgIpc) is 1.79. The van der Waals surface area contributed by atoms with Crippen molar-refractivity contribution in [2.75, 3.05) is 66.3 Å². The second-order valence-corrected chi connectivity index (χ2v) is 29.9. The molecule has 470 valence electrons. The molecular weight excluding hydrogens is 1180 g/mol. The second-order valence-electron chi connectivity index (χ2n) is 24.7. The standard InChI is InChI=1S/C67H82N6O12S3/c1-13-56(74)61(88(80,81)83-12)26-42(6)86-87-67(7,8)23-22-62(76)69-63(39(2)3)57(75)25-41(5)64(77)68-47-28-43(37-84-58-33-54-50(24-40(58)4)65(78)72-48(35-70(54)9)30-45-18-14-16-20-52(45)72)27-44(29-47)38-85-60-34-55-51(32-59(60)82-11)66(79)73-49(36-71(55)10)31-46-19-15-17-21-53(46)73/h14-21,24,27-29,32-34,39,41-42,48-49,61,63H,13,22-23,25-26,30-31,35-38H2,1-12H3,(H,68,77)(H,69,76)/t41-,42?,48+,49+,61?,63+/m1/s1. The van der Waals surface area contributed by atoms with Gasteiger partial charge in [-0.3, -0.25) is 33.0 Å². The van der Waals surface area contributed by atoms with E-state index < -0.39 is 43.8 Å². The van der Waals surface area contributed by atoms with Crippen LogP contribution in [-0.4, -0.2) is 118 Å². The van der Waals surface area contributed by atoms with Crippen LogP contribution < -0.4 is 44.4 Å². The van der Waals surface area contributed by atoms with Gasteiger partial charge in [0.1, 0.15) is 24.2 Å². The lowest BCUT2D eigenvalue weighted by molar-refractivity contribution is -0.131. The number of Topliss-reactive ketones (excluding diaryl/α,β-unsaturated/α-hetero) is 2. The molecule has 88 heavy (non-hydrogen) atoms. The number of rotatable bonds is 26. The van der Waals surface area contributed by atoms with Gasteiger partial charge < -0.3 is 44.4 Å². The van der Waals surface area contributed by atoms with E-state index in [2.05, 4.69) is 32.6 Å². The monoisotopic (exact) mass is 1260 g/mol. The van der Waals surface area contributed by atoms with E-state index in [1.807, 2.05) is 132 Å². The normalized spacial score (nSPS) is 17.5. The zero-order valence-corrected chi connectivity index (χ0v) is 54.8. The van der Waals surface area contributed by atoms with E-state index in [1.165, 1.54) is 28.7 Å². The van der Waals surface area contributed by atoms with Crippen molar-refractivity contribution < 1.29 is 55.6 Å². The number of likely N-dealkylation sites (N-methyl/N-ethyl adjacent to an activating group) is 2. The Morgan fingerprint density at radius 2 is 1.26 bits per heavy atom. The Kier molecular flexibility index (Phi) is 20.3. The molecule has 2 N–H and O–H groups in total. The van der Waals surface area contributed by atoms with Crippen molar-refractivity contribution in [3.05, 3.63) is 130 Å². The SMILES string of the molecule is CCC(=O)C(CC(C)SSC(C)(C)CCC(=O)N[C@H](C(=O)C[C@@H](C)C(=O)Nc1cc(COc2cc3c(cc2C)C(=O)N2c4ccccc4C[C@H]2CN3C)cc(COc2cc3c(cc2OC)C(=O)N2c4ccccc4C[C@H]2CN3C)c1)C(C)C)S(=O)(=O)OC. The lowest BCUT2D eigenvalue weighted by atomic mass is 9.92. The maximum absolute atomic E-state index is 14.4. The Balaban J connectivity index is 0.897. The number of nitrogens with one attached hydrogen (secondary N) is 2. The highest BCUT2D eigenvalue weighted by molar-refractivity contribution is 8.77. The van der Waals surface area contributed by atoms with Gasteiger partial charge >= 0.3 is 0 Å². The molecule has 0 radical (unpaired) electrons. The third-order valence-electron chi connectivity index (χ3n) is 17.0. The predicted octanol–water partition coefficient (Wildman–Crippen LogP) is 10.9. The van der Waals surface area contributed by atoms with Gasteiger partial charge in [-0.2, -0.15) is 8.42 Å². The van der Waals surface area contributed by atoms with Crippen LogP contribution in [0.25, 0.3) is 0 Å².